The maximum Gasteiger partial charge on any atom is 0.0836 e. The first kappa shape index (κ1) is 12.3. The van der Waals surface area contributed by atoms with Crippen molar-refractivity contribution in [3.63, 3.8) is 0 Å². The average Bonchev–Trinajstić information content (AvgIpc) is 2.27. The molecule has 83 valence electrons. The van der Waals surface area contributed by atoms with Crippen LogP contribution in [0.3, 0.4) is 0 Å². The summed E-state index contributed by atoms with van der Waals surface area (Å²) in [6.45, 7) is 0. The summed E-state index contributed by atoms with van der Waals surface area (Å²) in [4.78, 5) is 0. The van der Waals surface area contributed by atoms with Gasteiger partial charge < -0.3 is 0 Å². The molecule has 1 unspecified atom stereocenters. The fourth-order valence-electron chi connectivity index (χ4n) is 1.51. The van der Waals surface area contributed by atoms with Crippen LogP contribution in [0, 0.1) is 5.92 Å². The van der Waals surface area contributed by atoms with Gasteiger partial charge in [0.25, 0.3) is 0 Å². The van der Waals surface area contributed by atoms with Crippen LogP contribution in [0.5, 0.6) is 0 Å². The molecular weight excluding hydrogens is 286 g/mol. The Hall–Kier alpha value is -0.140. The number of allylic oxidation sites excluding steroid dienone is 4. The van der Waals surface area contributed by atoms with E-state index in [1.165, 1.54) is 0 Å². The predicted molar refractivity (Wildman–Crippen MR) is 71.5 cm³/mol. The molecular formula is C12H7Cl4. The third kappa shape index (κ3) is 2.26. The molecule has 0 spiro atoms. The fourth-order valence-corrected chi connectivity index (χ4v) is 2.38. The highest BCUT2D eigenvalue weighted by molar-refractivity contribution is 6.43. The van der Waals surface area contributed by atoms with Crippen molar-refractivity contribution in [2.45, 2.75) is 5.38 Å². The van der Waals surface area contributed by atoms with E-state index in [4.69, 9.17) is 46.4 Å². The highest BCUT2D eigenvalue weighted by Gasteiger charge is 2.26. The molecule has 0 saturated heterocycles. The molecule has 1 radical (unpaired) electrons. The first-order valence-electron chi connectivity index (χ1n) is 4.60. The van der Waals surface area contributed by atoms with Crippen LogP contribution in [-0.4, -0.2) is 5.38 Å². The number of rotatable bonds is 1. The van der Waals surface area contributed by atoms with Crippen molar-refractivity contribution in [1.29, 1.82) is 0 Å². The lowest BCUT2D eigenvalue weighted by Gasteiger charge is -2.22. The Labute approximate surface area is 114 Å². The van der Waals surface area contributed by atoms with Gasteiger partial charge in [0.05, 0.1) is 21.3 Å². The summed E-state index contributed by atoms with van der Waals surface area (Å²) in [5.41, 5.74) is 0.816. The van der Waals surface area contributed by atoms with E-state index in [2.05, 4.69) is 0 Å². The SMILES string of the molecule is ClC1=CC=C[C](c2cccc(Cl)c2Cl)C1Cl. The summed E-state index contributed by atoms with van der Waals surface area (Å²) in [6.07, 6.45) is 5.50. The van der Waals surface area contributed by atoms with E-state index in [9.17, 15) is 0 Å². The van der Waals surface area contributed by atoms with Gasteiger partial charge in [0.2, 0.25) is 0 Å². The van der Waals surface area contributed by atoms with Crippen LogP contribution in [0.4, 0.5) is 0 Å². The first-order chi connectivity index (χ1) is 7.61. The molecule has 4 heteroatoms. The Morgan fingerprint density at radius 1 is 1.06 bits per heavy atom. The van der Waals surface area contributed by atoms with Crippen LogP contribution >= 0.6 is 46.4 Å². The third-order valence-corrected chi connectivity index (χ3v) is 4.05. The molecule has 0 nitrogen and oxygen atoms in total. The Kier molecular flexibility index (Phi) is 3.86. The number of hydrogen-bond donors (Lipinski definition) is 0. The van der Waals surface area contributed by atoms with E-state index in [1.54, 1.807) is 12.1 Å². The number of benzene rings is 1. The number of halogens is 4. The van der Waals surface area contributed by atoms with Crippen molar-refractivity contribution in [2.24, 2.45) is 0 Å². The fraction of sp³-hybridized carbons (Fsp3) is 0.0833. The monoisotopic (exact) mass is 291 g/mol. The van der Waals surface area contributed by atoms with Crippen LogP contribution in [-0.2, 0) is 0 Å². The highest BCUT2D eigenvalue weighted by Crippen LogP contribution is 2.39. The summed E-state index contributed by atoms with van der Waals surface area (Å²) in [5, 5.41) is 1.22. The standard InChI is InChI=1S/C12H7Cl4/c13-9-5-1-3-7(11(9)15)8-4-2-6-10(14)12(8)16/h1-6,11H. The summed E-state index contributed by atoms with van der Waals surface area (Å²) in [5.74, 6) is 0.863. The smallest absolute Gasteiger partial charge is 0.0836 e. The second-order valence-electron chi connectivity index (χ2n) is 3.33. The molecule has 1 aliphatic carbocycles. The summed E-state index contributed by atoms with van der Waals surface area (Å²) in [6, 6.07) is 5.44. The van der Waals surface area contributed by atoms with Gasteiger partial charge in [0, 0.05) is 5.03 Å². The topological polar surface area (TPSA) is 0 Å². The van der Waals surface area contributed by atoms with Crippen molar-refractivity contribution in [2.75, 3.05) is 0 Å². The van der Waals surface area contributed by atoms with Crippen LogP contribution < -0.4 is 0 Å². The molecule has 0 aromatic heterocycles. The molecule has 0 N–H and O–H groups in total. The highest BCUT2D eigenvalue weighted by atomic mass is 35.5. The van der Waals surface area contributed by atoms with E-state index in [0.717, 1.165) is 11.5 Å². The molecule has 0 aliphatic heterocycles. The van der Waals surface area contributed by atoms with Crippen molar-refractivity contribution in [3.05, 3.63) is 63.0 Å². The van der Waals surface area contributed by atoms with E-state index in [0.29, 0.717) is 15.1 Å². The molecule has 1 aromatic rings. The largest absolute Gasteiger partial charge is 0.115 e. The minimum Gasteiger partial charge on any atom is -0.115 e. The number of hydrogen-bond acceptors (Lipinski definition) is 0. The Balaban J connectivity index is 2.42. The van der Waals surface area contributed by atoms with Gasteiger partial charge in [-0.2, -0.15) is 0 Å². The van der Waals surface area contributed by atoms with Gasteiger partial charge in [-0.1, -0.05) is 59.1 Å². The average molecular weight is 293 g/mol. The molecule has 0 fully saturated rings. The zero-order valence-corrected chi connectivity index (χ0v) is 11.1. The minimum absolute atomic E-state index is 0.373. The Bertz CT molecular complexity index is 462. The van der Waals surface area contributed by atoms with Gasteiger partial charge >= 0.3 is 0 Å². The van der Waals surface area contributed by atoms with E-state index in [1.807, 2.05) is 24.3 Å². The van der Waals surface area contributed by atoms with E-state index >= 15 is 0 Å². The van der Waals surface area contributed by atoms with Gasteiger partial charge in [-0.3, -0.25) is 0 Å². The molecule has 16 heavy (non-hydrogen) atoms. The molecule has 2 rings (SSSR count). The summed E-state index contributed by atoms with van der Waals surface area (Å²) in [7, 11) is 0. The van der Waals surface area contributed by atoms with Crippen molar-refractivity contribution < 1.29 is 0 Å². The van der Waals surface area contributed by atoms with Gasteiger partial charge in [0.15, 0.2) is 0 Å². The van der Waals surface area contributed by atoms with Crippen molar-refractivity contribution in [3.8, 4) is 0 Å². The molecule has 1 aromatic carbocycles. The lowest BCUT2D eigenvalue weighted by molar-refractivity contribution is 1.08. The Morgan fingerprint density at radius 3 is 2.56 bits per heavy atom. The zero-order valence-electron chi connectivity index (χ0n) is 8.05. The third-order valence-electron chi connectivity index (χ3n) is 2.31. The van der Waals surface area contributed by atoms with Gasteiger partial charge in [-0.05, 0) is 17.7 Å². The maximum atomic E-state index is 6.20. The summed E-state index contributed by atoms with van der Waals surface area (Å²) < 4.78 is 0. The lowest BCUT2D eigenvalue weighted by atomic mass is 9.92. The quantitative estimate of drug-likeness (QED) is 0.623. The Morgan fingerprint density at radius 2 is 1.81 bits per heavy atom. The summed E-state index contributed by atoms with van der Waals surface area (Å²) >= 11 is 24.3. The second kappa shape index (κ2) is 5.01. The van der Waals surface area contributed by atoms with Crippen molar-refractivity contribution >= 4 is 46.4 Å². The lowest BCUT2D eigenvalue weighted by Crippen LogP contribution is -2.15. The normalized spacial score (nSPS) is 21.0. The first-order valence-corrected chi connectivity index (χ1v) is 6.17. The minimum atomic E-state index is -0.373. The molecule has 0 saturated carbocycles. The number of alkyl halides is 1. The van der Waals surface area contributed by atoms with Gasteiger partial charge in [-0.15, -0.1) is 11.6 Å². The molecule has 1 aliphatic rings. The molecule has 0 heterocycles. The zero-order chi connectivity index (χ0) is 11.7. The van der Waals surface area contributed by atoms with Crippen molar-refractivity contribution in [1.82, 2.24) is 0 Å². The van der Waals surface area contributed by atoms with Gasteiger partial charge in [-0.25, -0.2) is 0 Å². The van der Waals surface area contributed by atoms with Crippen LogP contribution in [0.1, 0.15) is 5.56 Å². The molecule has 0 bridgehead atoms. The van der Waals surface area contributed by atoms with Crippen LogP contribution in [0.2, 0.25) is 10.0 Å². The second-order valence-corrected chi connectivity index (χ2v) is 4.99. The van der Waals surface area contributed by atoms with E-state index in [-0.39, 0.29) is 5.38 Å². The van der Waals surface area contributed by atoms with Crippen LogP contribution in [0.25, 0.3) is 0 Å². The predicted octanol–water partition coefficient (Wildman–Crippen LogP) is 5.22. The van der Waals surface area contributed by atoms with E-state index < -0.39 is 0 Å². The maximum absolute atomic E-state index is 6.20. The molecule has 0 amide bonds. The van der Waals surface area contributed by atoms with Gasteiger partial charge in [0.1, 0.15) is 0 Å². The molecule has 1 atom stereocenters. The van der Waals surface area contributed by atoms with Crippen LogP contribution in [0.15, 0.2) is 41.5 Å².